The first-order valence-electron chi connectivity index (χ1n) is 6.21. The Balaban J connectivity index is 1.72. The molecule has 21 heavy (non-hydrogen) atoms. The third-order valence-corrected chi connectivity index (χ3v) is 2.46. The number of nitrogens with zero attached hydrogens (tertiary/aromatic N) is 1. The standard InChI is InChI=1S/C15H13FN2O3/c1-11-10-13(18-21-11)15(19)17-8-4-5-9-20-14-7-3-2-6-12(14)16/h2-3,6-7,10H,8-9H2,1H3,(H,17,19). The number of amides is 1. The quantitative estimate of drug-likeness (QED) is 0.873. The molecule has 2 rings (SSSR count). The number of rotatable bonds is 4. The number of halogens is 1. The Labute approximate surface area is 121 Å². The SMILES string of the molecule is Cc1cc(C(=O)NCC#CCOc2ccccc2F)no1. The third kappa shape index (κ3) is 4.35. The first-order chi connectivity index (χ1) is 10.2. The van der Waals surface area contributed by atoms with Gasteiger partial charge in [0.15, 0.2) is 17.3 Å². The zero-order valence-electron chi connectivity index (χ0n) is 11.4. The molecule has 0 bridgehead atoms. The second-order valence-corrected chi connectivity index (χ2v) is 4.08. The van der Waals surface area contributed by atoms with Crippen molar-refractivity contribution < 1.29 is 18.4 Å². The minimum Gasteiger partial charge on any atom is -0.478 e. The summed E-state index contributed by atoms with van der Waals surface area (Å²) in [5.41, 5.74) is 0.205. The first kappa shape index (κ1) is 14.6. The smallest absolute Gasteiger partial charge is 0.274 e. The molecule has 1 amide bonds. The van der Waals surface area contributed by atoms with Crippen LogP contribution < -0.4 is 10.1 Å². The van der Waals surface area contributed by atoms with Gasteiger partial charge in [0.2, 0.25) is 0 Å². The lowest BCUT2D eigenvalue weighted by Crippen LogP contribution is -2.23. The molecule has 0 unspecified atom stereocenters. The van der Waals surface area contributed by atoms with Gasteiger partial charge in [-0.1, -0.05) is 29.1 Å². The van der Waals surface area contributed by atoms with Crippen molar-refractivity contribution in [3.05, 3.63) is 47.6 Å². The molecule has 0 saturated carbocycles. The fourth-order valence-corrected chi connectivity index (χ4v) is 1.48. The molecule has 0 atom stereocenters. The molecule has 0 saturated heterocycles. The second-order valence-electron chi connectivity index (χ2n) is 4.08. The predicted octanol–water partition coefficient (Wildman–Crippen LogP) is 1.93. The number of ether oxygens (including phenoxy) is 1. The molecule has 0 radical (unpaired) electrons. The maximum atomic E-state index is 13.2. The summed E-state index contributed by atoms with van der Waals surface area (Å²) >= 11 is 0. The van der Waals surface area contributed by atoms with Crippen molar-refractivity contribution in [2.75, 3.05) is 13.2 Å². The van der Waals surface area contributed by atoms with Gasteiger partial charge < -0.3 is 14.6 Å². The van der Waals surface area contributed by atoms with Gasteiger partial charge >= 0.3 is 0 Å². The van der Waals surface area contributed by atoms with E-state index < -0.39 is 5.82 Å². The maximum absolute atomic E-state index is 13.2. The number of aromatic nitrogens is 1. The number of benzene rings is 1. The van der Waals surface area contributed by atoms with Crippen molar-refractivity contribution in [1.82, 2.24) is 10.5 Å². The Bertz CT molecular complexity index is 685. The summed E-state index contributed by atoms with van der Waals surface area (Å²) in [4.78, 5) is 11.6. The molecule has 0 fully saturated rings. The molecule has 1 heterocycles. The summed E-state index contributed by atoms with van der Waals surface area (Å²) in [5, 5.41) is 6.14. The van der Waals surface area contributed by atoms with E-state index in [9.17, 15) is 9.18 Å². The van der Waals surface area contributed by atoms with Crippen LogP contribution in [0.5, 0.6) is 5.75 Å². The molecule has 1 aromatic carbocycles. The zero-order chi connectivity index (χ0) is 15.1. The van der Waals surface area contributed by atoms with Crippen molar-refractivity contribution >= 4 is 5.91 Å². The fourth-order valence-electron chi connectivity index (χ4n) is 1.48. The van der Waals surface area contributed by atoms with Gasteiger partial charge in [-0.25, -0.2) is 4.39 Å². The Kier molecular flexibility index (Phi) is 4.94. The van der Waals surface area contributed by atoms with Gasteiger partial charge in [-0.2, -0.15) is 0 Å². The van der Waals surface area contributed by atoms with Crippen LogP contribution in [-0.2, 0) is 0 Å². The lowest BCUT2D eigenvalue weighted by molar-refractivity contribution is 0.0949. The molecule has 2 aromatic rings. The van der Waals surface area contributed by atoms with Crippen molar-refractivity contribution in [1.29, 1.82) is 0 Å². The van der Waals surface area contributed by atoms with E-state index in [2.05, 4.69) is 22.3 Å². The minimum absolute atomic E-state index is 0.0415. The zero-order valence-corrected chi connectivity index (χ0v) is 11.4. The van der Waals surface area contributed by atoms with E-state index >= 15 is 0 Å². The normalized spacial score (nSPS) is 9.62. The van der Waals surface area contributed by atoms with Crippen LogP contribution in [0.1, 0.15) is 16.2 Å². The van der Waals surface area contributed by atoms with Gasteiger partial charge in [-0.15, -0.1) is 0 Å². The average molecular weight is 288 g/mol. The molecular weight excluding hydrogens is 275 g/mol. The van der Waals surface area contributed by atoms with Crippen LogP contribution in [0.25, 0.3) is 0 Å². The van der Waals surface area contributed by atoms with Crippen LogP contribution in [0, 0.1) is 24.6 Å². The van der Waals surface area contributed by atoms with E-state index in [4.69, 9.17) is 9.26 Å². The van der Waals surface area contributed by atoms with Gasteiger partial charge in [0.1, 0.15) is 12.4 Å². The van der Waals surface area contributed by atoms with Crippen molar-refractivity contribution in [2.45, 2.75) is 6.92 Å². The summed E-state index contributed by atoms with van der Waals surface area (Å²) in [7, 11) is 0. The van der Waals surface area contributed by atoms with Gasteiger partial charge in [0, 0.05) is 6.07 Å². The number of aryl methyl sites for hydroxylation is 1. The van der Waals surface area contributed by atoms with Crippen molar-refractivity contribution in [2.24, 2.45) is 0 Å². The lowest BCUT2D eigenvalue weighted by Gasteiger charge is -2.01. The van der Waals surface area contributed by atoms with Gasteiger partial charge in [0.05, 0.1) is 6.54 Å². The Morgan fingerprint density at radius 2 is 2.24 bits per heavy atom. The van der Waals surface area contributed by atoms with Crippen LogP contribution in [-0.4, -0.2) is 24.2 Å². The molecule has 5 nitrogen and oxygen atoms in total. The van der Waals surface area contributed by atoms with Crippen LogP contribution in [0.2, 0.25) is 0 Å². The highest BCUT2D eigenvalue weighted by atomic mass is 19.1. The number of para-hydroxylation sites is 1. The number of nitrogens with one attached hydrogen (secondary N) is 1. The Hall–Kier alpha value is -2.81. The lowest BCUT2D eigenvalue weighted by atomic mass is 10.3. The van der Waals surface area contributed by atoms with Crippen LogP contribution in [0.15, 0.2) is 34.9 Å². The van der Waals surface area contributed by atoms with Gasteiger partial charge in [-0.05, 0) is 19.1 Å². The number of hydrogen-bond acceptors (Lipinski definition) is 4. The van der Waals surface area contributed by atoms with E-state index in [0.717, 1.165) is 0 Å². The monoisotopic (exact) mass is 288 g/mol. The molecule has 0 aliphatic carbocycles. The molecule has 1 aromatic heterocycles. The molecule has 1 N–H and O–H groups in total. The fraction of sp³-hybridized carbons (Fsp3) is 0.200. The molecule has 0 spiro atoms. The summed E-state index contributed by atoms with van der Waals surface area (Å²) in [6.07, 6.45) is 0. The third-order valence-electron chi connectivity index (χ3n) is 2.46. The van der Waals surface area contributed by atoms with E-state index in [1.807, 2.05) is 0 Å². The van der Waals surface area contributed by atoms with E-state index in [0.29, 0.717) is 5.76 Å². The minimum atomic E-state index is -0.436. The maximum Gasteiger partial charge on any atom is 0.274 e. The number of hydrogen-bond donors (Lipinski definition) is 1. The van der Waals surface area contributed by atoms with Crippen LogP contribution >= 0.6 is 0 Å². The largest absolute Gasteiger partial charge is 0.478 e. The average Bonchev–Trinajstić information content (AvgIpc) is 2.91. The highest BCUT2D eigenvalue weighted by molar-refractivity contribution is 5.92. The van der Waals surface area contributed by atoms with Gasteiger partial charge in [-0.3, -0.25) is 4.79 Å². The van der Waals surface area contributed by atoms with Gasteiger partial charge in [0.25, 0.3) is 5.91 Å². The van der Waals surface area contributed by atoms with Crippen molar-refractivity contribution in [3.63, 3.8) is 0 Å². The molecule has 6 heteroatoms. The molecule has 108 valence electrons. The molecule has 0 aliphatic heterocycles. The van der Waals surface area contributed by atoms with Crippen molar-refractivity contribution in [3.8, 4) is 17.6 Å². The molecular formula is C15H13FN2O3. The predicted molar refractivity (Wildman–Crippen MR) is 73.2 cm³/mol. The first-order valence-corrected chi connectivity index (χ1v) is 6.21. The summed E-state index contributed by atoms with van der Waals surface area (Å²) in [6, 6.07) is 7.61. The Morgan fingerprint density at radius 3 is 2.95 bits per heavy atom. The second kappa shape index (κ2) is 7.10. The Morgan fingerprint density at radius 1 is 1.43 bits per heavy atom. The summed E-state index contributed by atoms with van der Waals surface area (Å²) in [5.74, 6) is 5.28. The van der Waals surface area contributed by atoms with E-state index in [1.165, 1.54) is 18.2 Å². The van der Waals surface area contributed by atoms with Crippen LogP contribution in [0.4, 0.5) is 4.39 Å². The highest BCUT2D eigenvalue weighted by Crippen LogP contribution is 2.14. The summed E-state index contributed by atoms with van der Waals surface area (Å²) in [6.45, 7) is 1.88. The summed E-state index contributed by atoms with van der Waals surface area (Å²) < 4.78 is 23.1. The van der Waals surface area contributed by atoms with E-state index in [1.54, 1.807) is 19.1 Å². The topological polar surface area (TPSA) is 64.4 Å². The number of carbonyl (C=O) groups is 1. The van der Waals surface area contributed by atoms with Crippen LogP contribution in [0.3, 0.4) is 0 Å². The number of carbonyl (C=O) groups excluding carboxylic acids is 1. The molecule has 0 aliphatic rings. The highest BCUT2D eigenvalue weighted by Gasteiger charge is 2.08. The van der Waals surface area contributed by atoms with E-state index in [-0.39, 0.29) is 30.5 Å².